The molecule has 9 heteroatoms. The molecule has 4 rings (SSSR count). The summed E-state index contributed by atoms with van der Waals surface area (Å²) in [5.74, 6) is 0.992. The summed E-state index contributed by atoms with van der Waals surface area (Å²) in [5, 5.41) is 3.30. The van der Waals surface area contributed by atoms with Crippen LogP contribution in [0.2, 0.25) is 0 Å². The smallest absolute Gasteiger partial charge is 0.415 e. The largest absolute Gasteiger partial charge is 0.444 e. The lowest BCUT2D eigenvalue weighted by molar-refractivity contribution is -0.140. The first kappa shape index (κ1) is 21.8. The molecule has 1 atom stereocenters. The van der Waals surface area contributed by atoms with E-state index >= 15 is 0 Å². The molecule has 1 saturated heterocycles. The average Bonchev–Trinajstić information content (AvgIpc) is 2.78. The summed E-state index contributed by atoms with van der Waals surface area (Å²) in [4.78, 5) is 35.5. The van der Waals surface area contributed by atoms with Gasteiger partial charge in [0, 0.05) is 25.8 Å². The predicted molar refractivity (Wildman–Crippen MR) is 119 cm³/mol. The van der Waals surface area contributed by atoms with Crippen LogP contribution in [0.1, 0.15) is 36.6 Å². The SMILES string of the molecule is C=CC(=O)N1CC(OCc2ccc(C(C)Nc3ncc4c(n3)N(CC)C(=O)OC4)cc2)C1. The van der Waals surface area contributed by atoms with Crippen LogP contribution in [0.25, 0.3) is 0 Å². The minimum atomic E-state index is -0.391. The molecule has 1 fully saturated rings. The standard InChI is InChI=1S/C23H27N5O4/c1-4-20(29)27-11-19(12-27)31-13-16-6-8-17(9-7-16)15(3)25-22-24-10-18-14-32-23(30)28(5-2)21(18)26-22/h4,6-10,15,19H,1,5,11-14H2,2-3H3,(H,24,25,26). The number of rotatable bonds is 8. The van der Waals surface area contributed by atoms with E-state index in [9.17, 15) is 9.59 Å². The average molecular weight is 438 g/mol. The van der Waals surface area contributed by atoms with Gasteiger partial charge >= 0.3 is 6.09 Å². The van der Waals surface area contributed by atoms with Gasteiger partial charge in [0.25, 0.3) is 0 Å². The highest BCUT2D eigenvalue weighted by Gasteiger charge is 2.30. The second-order valence-electron chi connectivity index (χ2n) is 7.83. The fourth-order valence-corrected chi connectivity index (χ4v) is 3.63. The van der Waals surface area contributed by atoms with Crippen LogP contribution in [-0.4, -0.2) is 52.6 Å². The van der Waals surface area contributed by atoms with Gasteiger partial charge in [0.1, 0.15) is 12.4 Å². The van der Waals surface area contributed by atoms with Crippen molar-refractivity contribution in [3.63, 3.8) is 0 Å². The monoisotopic (exact) mass is 437 g/mol. The first-order valence-electron chi connectivity index (χ1n) is 10.7. The lowest BCUT2D eigenvalue weighted by Crippen LogP contribution is -2.54. The van der Waals surface area contributed by atoms with Gasteiger partial charge < -0.3 is 19.7 Å². The number of carbonyl (C=O) groups excluding carboxylic acids is 2. The summed E-state index contributed by atoms with van der Waals surface area (Å²) in [5.41, 5.74) is 2.93. The number of nitrogens with zero attached hydrogens (tertiary/aromatic N) is 4. The van der Waals surface area contributed by atoms with Crippen LogP contribution in [0.4, 0.5) is 16.6 Å². The van der Waals surface area contributed by atoms with E-state index in [1.54, 1.807) is 11.1 Å². The number of hydrogen-bond donors (Lipinski definition) is 1. The Morgan fingerprint density at radius 1 is 1.38 bits per heavy atom. The van der Waals surface area contributed by atoms with Crippen molar-refractivity contribution in [1.82, 2.24) is 14.9 Å². The topological polar surface area (TPSA) is 96.9 Å². The summed E-state index contributed by atoms with van der Waals surface area (Å²) in [6, 6.07) is 8.11. The molecule has 168 valence electrons. The van der Waals surface area contributed by atoms with E-state index in [1.807, 2.05) is 38.1 Å². The fourth-order valence-electron chi connectivity index (χ4n) is 3.63. The number of fused-ring (bicyclic) bond motifs is 1. The zero-order valence-electron chi connectivity index (χ0n) is 18.3. The van der Waals surface area contributed by atoms with Crippen LogP contribution in [0.15, 0.2) is 43.1 Å². The Balaban J connectivity index is 1.32. The maximum Gasteiger partial charge on any atom is 0.415 e. The molecule has 2 amide bonds. The lowest BCUT2D eigenvalue weighted by Gasteiger charge is -2.38. The Morgan fingerprint density at radius 2 is 2.12 bits per heavy atom. The Kier molecular flexibility index (Phi) is 6.36. The molecule has 1 aromatic heterocycles. The Hall–Kier alpha value is -3.46. The highest BCUT2D eigenvalue weighted by Crippen LogP contribution is 2.26. The molecule has 0 saturated carbocycles. The summed E-state index contributed by atoms with van der Waals surface area (Å²) in [6.45, 7) is 9.78. The van der Waals surface area contributed by atoms with Crippen LogP contribution in [0.3, 0.4) is 0 Å². The van der Waals surface area contributed by atoms with Crippen molar-refractivity contribution in [2.24, 2.45) is 0 Å². The van der Waals surface area contributed by atoms with E-state index in [2.05, 4.69) is 21.9 Å². The van der Waals surface area contributed by atoms with Crippen LogP contribution >= 0.6 is 0 Å². The maximum atomic E-state index is 11.9. The minimum absolute atomic E-state index is 0.0289. The summed E-state index contributed by atoms with van der Waals surface area (Å²) in [6.07, 6.45) is 2.70. The van der Waals surface area contributed by atoms with E-state index in [-0.39, 0.29) is 24.7 Å². The molecule has 0 aliphatic carbocycles. The van der Waals surface area contributed by atoms with E-state index in [4.69, 9.17) is 9.47 Å². The van der Waals surface area contributed by atoms with Crippen molar-refractivity contribution in [2.75, 3.05) is 29.9 Å². The van der Waals surface area contributed by atoms with E-state index in [1.165, 1.54) is 11.0 Å². The molecule has 1 unspecified atom stereocenters. The second-order valence-corrected chi connectivity index (χ2v) is 7.83. The van der Waals surface area contributed by atoms with Gasteiger partial charge in [-0.15, -0.1) is 0 Å². The first-order chi connectivity index (χ1) is 15.5. The van der Waals surface area contributed by atoms with Crippen molar-refractivity contribution < 1.29 is 19.1 Å². The number of likely N-dealkylation sites (tertiary alicyclic amines) is 1. The van der Waals surface area contributed by atoms with Gasteiger partial charge in [-0.3, -0.25) is 9.69 Å². The van der Waals surface area contributed by atoms with Gasteiger partial charge in [-0.1, -0.05) is 30.8 Å². The molecule has 9 nitrogen and oxygen atoms in total. The quantitative estimate of drug-likeness (QED) is 0.634. The molecule has 1 aromatic carbocycles. The number of aromatic nitrogens is 2. The molecule has 2 aliphatic heterocycles. The molecular formula is C23H27N5O4. The number of ether oxygens (including phenoxy) is 2. The highest BCUT2D eigenvalue weighted by molar-refractivity contribution is 5.89. The first-order valence-corrected chi connectivity index (χ1v) is 10.7. The maximum absolute atomic E-state index is 11.9. The van der Waals surface area contributed by atoms with Crippen molar-refractivity contribution in [1.29, 1.82) is 0 Å². The molecule has 2 aromatic rings. The highest BCUT2D eigenvalue weighted by atomic mass is 16.6. The number of nitrogens with one attached hydrogen (secondary N) is 1. The van der Waals surface area contributed by atoms with Crippen LogP contribution in [-0.2, 0) is 27.5 Å². The van der Waals surface area contributed by atoms with Crippen molar-refractivity contribution in [3.05, 3.63) is 59.8 Å². The van der Waals surface area contributed by atoms with Crippen LogP contribution < -0.4 is 10.2 Å². The van der Waals surface area contributed by atoms with Gasteiger partial charge in [-0.2, -0.15) is 4.98 Å². The third kappa shape index (κ3) is 4.57. The molecule has 1 N–H and O–H groups in total. The van der Waals surface area contributed by atoms with Crippen LogP contribution in [0, 0.1) is 0 Å². The zero-order chi connectivity index (χ0) is 22.7. The fraction of sp³-hybridized carbons (Fsp3) is 0.391. The van der Waals surface area contributed by atoms with E-state index in [0.717, 1.165) is 16.7 Å². The Morgan fingerprint density at radius 3 is 2.81 bits per heavy atom. The van der Waals surface area contributed by atoms with Gasteiger partial charge in [0.05, 0.1) is 24.3 Å². The van der Waals surface area contributed by atoms with Gasteiger partial charge in [-0.05, 0) is 31.1 Å². The number of hydrogen-bond acceptors (Lipinski definition) is 7. The summed E-state index contributed by atoms with van der Waals surface area (Å²) in [7, 11) is 0. The molecule has 3 heterocycles. The molecule has 0 spiro atoms. The predicted octanol–water partition coefficient (Wildman–Crippen LogP) is 3.04. The summed E-state index contributed by atoms with van der Waals surface area (Å²) >= 11 is 0. The van der Waals surface area contributed by atoms with E-state index in [0.29, 0.717) is 38.0 Å². The third-order valence-electron chi connectivity index (χ3n) is 5.63. The molecule has 2 aliphatic rings. The molecule has 32 heavy (non-hydrogen) atoms. The van der Waals surface area contributed by atoms with E-state index < -0.39 is 6.09 Å². The minimum Gasteiger partial charge on any atom is -0.444 e. The normalized spacial score (nSPS) is 16.6. The second kappa shape index (κ2) is 9.35. The van der Waals surface area contributed by atoms with Crippen molar-refractivity contribution in [3.8, 4) is 0 Å². The summed E-state index contributed by atoms with van der Waals surface area (Å²) < 4.78 is 11.0. The molecular weight excluding hydrogens is 410 g/mol. The van der Waals surface area contributed by atoms with Crippen molar-refractivity contribution >= 4 is 23.8 Å². The number of cyclic esters (lactones) is 1. The number of benzene rings is 1. The molecule has 0 bridgehead atoms. The van der Waals surface area contributed by atoms with Crippen LogP contribution in [0.5, 0.6) is 0 Å². The zero-order valence-corrected chi connectivity index (χ0v) is 18.3. The Bertz CT molecular complexity index is 1000. The van der Waals surface area contributed by atoms with Crippen molar-refractivity contribution in [2.45, 2.75) is 39.2 Å². The lowest BCUT2D eigenvalue weighted by atomic mass is 10.1. The molecule has 0 radical (unpaired) electrons. The number of anilines is 2. The number of carbonyl (C=O) groups is 2. The number of amides is 2. The van der Waals surface area contributed by atoms with Gasteiger partial charge in [0.15, 0.2) is 0 Å². The Labute approximate surface area is 187 Å². The third-order valence-corrected chi connectivity index (χ3v) is 5.63. The van der Waals surface area contributed by atoms with Gasteiger partial charge in [-0.25, -0.2) is 9.78 Å². The van der Waals surface area contributed by atoms with Gasteiger partial charge in [0.2, 0.25) is 11.9 Å².